The predicted octanol–water partition coefficient (Wildman–Crippen LogP) is 3.78. The van der Waals surface area contributed by atoms with Gasteiger partial charge in [0, 0.05) is 6.54 Å². The van der Waals surface area contributed by atoms with Crippen LogP contribution in [-0.4, -0.2) is 42.3 Å². The summed E-state index contributed by atoms with van der Waals surface area (Å²) in [6, 6.07) is -0.0100. The number of likely N-dealkylation sites (tertiary alicyclic amines) is 1. The molecule has 1 aliphatic heterocycles. The van der Waals surface area contributed by atoms with Crippen LogP contribution in [0.15, 0.2) is 12.2 Å². The standard InChI is InChI=1S/C18H31NO4/c1-13(2)12-14(16(20)22-6)9-10-15-8-7-11-19(15)17(21)23-18(3,4)5/h9-10,13-15H,7-8,11-12H2,1-6H3/b10-9+/t14-,15-/m0/s1. The number of carbonyl (C=O) groups is 2. The average Bonchev–Trinajstić information content (AvgIpc) is 2.88. The van der Waals surface area contributed by atoms with E-state index in [0.717, 1.165) is 19.3 Å². The molecule has 0 aromatic carbocycles. The molecular formula is C18H31NO4. The molecule has 0 unspecified atom stereocenters. The summed E-state index contributed by atoms with van der Waals surface area (Å²) < 4.78 is 10.3. The number of methoxy groups -OCH3 is 1. The predicted molar refractivity (Wildman–Crippen MR) is 90.1 cm³/mol. The monoisotopic (exact) mass is 325 g/mol. The fourth-order valence-corrected chi connectivity index (χ4v) is 2.71. The molecular weight excluding hydrogens is 294 g/mol. The highest BCUT2D eigenvalue weighted by atomic mass is 16.6. The summed E-state index contributed by atoms with van der Waals surface area (Å²) in [5, 5.41) is 0. The Bertz CT molecular complexity index is 437. The quantitative estimate of drug-likeness (QED) is 0.570. The van der Waals surface area contributed by atoms with Gasteiger partial charge in [0.2, 0.25) is 0 Å². The van der Waals surface area contributed by atoms with Crippen LogP contribution >= 0.6 is 0 Å². The minimum Gasteiger partial charge on any atom is -0.469 e. The van der Waals surface area contributed by atoms with Crippen LogP contribution in [0.25, 0.3) is 0 Å². The van der Waals surface area contributed by atoms with Crippen molar-refractivity contribution in [1.29, 1.82) is 0 Å². The van der Waals surface area contributed by atoms with Crippen molar-refractivity contribution in [1.82, 2.24) is 4.90 Å². The molecule has 0 aromatic rings. The molecule has 0 spiro atoms. The molecule has 5 heteroatoms. The molecule has 0 aliphatic carbocycles. The van der Waals surface area contributed by atoms with Crippen LogP contribution < -0.4 is 0 Å². The molecule has 0 saturated carbocycles. The number of ether oxygens (including phenoxy) is 2. The van der Waals surface area contributed by atoms with Gasteiger partial charge in [-0.15, -0.1) is 0 Å². The second-order valence-electron chi connectivity index (χ2n) is 7.53. The first kappa shape index (κ1) is 19.5. The van der Waals surface area contributed by atoms with Gasteiger partial charge < -0.3 is 14.4 Å². The number of carbonyl (C=O) groups excluding carboxylic acids is 2. The Labute approximate surface area is 140 Å². The van der Waals surface area contributed by atoms with Gasteiger partial charge >= 0.3 is 12.1 Å². The van der Waals surface area contributed by atoms with Crippen LogP contribution in [0, 0.1) is 11.8 Å². The van der Waals surface area contributed by atoms with Crippen molar-refractivity contribution >= 4 is 12.1 Å². The van der Waals surface area contributed by atoms with Gasteiger partial charge in [0.05, 0.1) is 19.1 Å². The Morgan fingerprint density at radius 3 is 2.48 bits per heavy atom. The maximum Gasteiger partial charge on any atom is 0.410 e. The van der Waals surface area contributed by atoms with Crippen LogP contribution in [-0.2, 0) is 14.3 Å². The van der Waals surface area contributed by atoms with Gasteiger partial charge in [-0.1, -0.05) is 26.0 Å². The first-order valence-corrected chi connectivity index (χ1v) is 8.40. The van der Waals surface area contributed by atoms with Crippen molar-refractivity contribution in [3.8, 4) is 0 Å². The molecule has 23 heavy (non-hydrogen) atoms. The summed E-state index contributed by atoms with van der Waals surface area (Å²) in [6.07, 6.45) is 6.14. The molecule has 1 saturated heterocycles. The maximum absolute atomic E-state index is 12.3. The lowest BCUT2D eigenvalue weighted by Crippen LogP contribution is -2.39. The highest BCUT2D eigenvalue weighted by Gasteiger charge is 2.31. The van der Waals surface area contributed by atoms with E-state index in [4.69, 9.17) is 9.47 Å². The SMILES string of the molecule is COC(=O)[C@@H](/C=C/[C@@H]1CCCN1C(=O)OC(C)(C)C)CC(C)C. The summed E-state index contributed by atoms with van der Waals surface area (Å²) in [6.45, 7) is 10.4. The zero-order valence-corrected chi connectivity index (χ0v) is 15.3. The molecule has 2 atom stereocenters. The summed E-state index contributed by atoms with van der Waals surface area (Å²) in [5.74, 6) is -0.0906. The average molecular weight is 325 g/mol. The van der Waals surface area contributed by atoms with Crippen LogP contribution in [0.3, 0.4) is 0 Å². The van der Waals surface area contributed by atoms with Crippen molar-refractivity contribution < 1.29 is 19.1 Å². The van der Waals surface area contributed by atoms with Crippen molar-refractivity contribution in [2.45, 2.75) is 65.5 Å². The summed E-state index contributed by atoms with van der Waals surface area (Å²) in [7, 11) is 1.41. The molecule has 1 amide bonds. The molecule has 0 aromatic heterocycles. The van der Waals surface area contributed by atoms with Gasteiger partial charge in [-0.2, -0.15) is 0 Å². The van der Waals surface area contributed by atoms with Gasteiger partial charge in [0.25, 0.3) is 0 Å². The number of hydrogen-bond acceptors (Lipinski definition) is 4. The van der Waals surface area contributed by atoms with E-state index in [9.17, 15) is 9.59 Å². The summed E-state index contributed by atoms with van der Waals surface area (Å²) >= 11 is 0. The van der Waals surface area contributed by atoms with Crippen molar-refractivity contribution in [3.05, 3.63) is 12.2 Å². The Hall–Kier alpha value is -1.52. The largest absolute Gasteiger partial charge is 0.469 e. The van der Waals surface area contributed by atoms with Gasteiger partial charge in [0.1, 0.15) is 5.60 Å². The molecule has 0 bridgehead atoms. The van der Waals surface area contributed by atoms with E-state index in [2.05, 4.69) is 13.8 Å². The smallest absolute Gasteiger partial charge is 0.410 e. The maximum atomic E-state index is 12.3. The molecule has 0 N–H and O–H groups in total. The lowest BCUT2D eigenvalue weighted by molar-refractivity contribution is -0.144. The van der Waals surface area contributed by atoms with Crippen molar-refractivity contribution in [3.63, 3.8) is 0 Å². The number of amides is 1. The van der Waals surface area contributed by atoms with Crippen molar-refractivity contribution in [2.75, 3.05) is 13.7 Å². The first-order chi connectivity index (χ1) is 10.6. The van der Waals surface area contributed by atoms with Gasteiger partial charge in [0.15, 0.2) is 0 Å². The van der Waals surface area contributed by atoms with Gasteiger partial charge in [-0.05, 0) is 46.0 Å². The number of nitrogens with zero attached hydrogens (tertiary/aromatic N) is 1. The van der Waals surface area contributed by atoms with E-state index < -0.39 is 5.60 Å². The topological polar surface area (TPSA) is 55.8 Å². The van der Waals surface area contributed by atoms with Crippen LogP contribution in [0.4, 0.5) is 4.79 Å². The molecule has 5 nitrogen and oxygen atoms in total. The summed E-state index contributed by atoms with van der Waals surface area (Å²) in [4.78, 5) is 25.9. The third-order valence-electron chi connectivity index (χ3n) is 3.72. The highest BCUT2D eigenvalue weighted by Crippen LogP contribution is 2.23. The van der Waals surface area contributed by atoms with Gasteiger partial charge in [-0.3, -0.25) is 4.79 Å². The highest BCUT2D eigenvalue weighted by molar-refractivity contribution is 5.74. The zero-order valence-electron chi connectivity index (χ0n) is 15.3. The molecule has 1 aliphatic rings. The fraction of sp³-hybridized carbons (Fsp3) is 0.778. The zero-order chi connectivity index (χ0) is 17.6. The number of esters is 1. The normalized spacial score (nSPS) is 20.1. The van der Waals surface area contributed by atoms with Gasteiger partial charge in [-0.25, -0.2) is 4.79 Å². The van der Waals surface area contributed by atoms with Crippen LogP contribution in [0.2, 0.25) is 0 Å². The first-order valence-electron chi connectivity index (χ1n) is 8.40. The third-order valence-corrected chi connectivity index (χ3v) is 3.72. The minimum atomic E-state index is -0.500. The molecule has 132 valence electrons. The van der Waals surface area contributed by atoms with E-state index in [0.29, 0.717) is 12.5 Å². The molecule has 0 radical (unpaired) electrons. The van der Waals surface area contributed by atoms with E-state index >= 15 is 0 Å². The second kappa shape index (κ2) is 8.37. The Kier molecular flexibility index (Phi) is 7.10. The fourth-order valence-electron chi connectivity index (χ4n) is 2.71. The Morgan fingerprint density at radius 1 is 1.30 bits per heavy atom. The summed E-state index contributed by atoms with van der Waals surface area (Å²) in [5.41, 5.74) is -0.500. The van der Waals surface area contributed by atoms with Crippen LogP contribution in [0.1, 0.15) is 53.9 Å². The number of rotatable bonds is 5. The Balaban J connectivity index is 2.75. The second-order valence-corrected chi connectivity index (χ2v) is 7.53. The molecule has 1 heterocycles. The minimum absolute atomic E-state index is 0.0100. The molecule has 1 fully saturated rings. The van der Waals surface area contributed by atoms with E-state index in [-0.39, 0.29) is 24.0 Å². The lowest BCUT2D eigenvalue weighted by atomic mass is 9.96. The van der Waals surface area contributed by atoms with Crippen LogP contribution in [0.5, 0.6) is 0 Å². The lowest BCUT2D eigenvalue weighted by Gasteiger charge is -2.27. The molecule has 1 rings (SSSR count). The van der Waals surface area contributed by atoms with E-state index in [1.165, 1.54) is 7.11 Å². The van der Waals surface area contributed by atoms with E-state index in [1.54, 1.807) is 4.90 Å². The third kappa shape index (κ3) is 6.63. The van der Waals surface area contributed by atoms with Crippen molar-refractivity contribution in [2.24, 2.45) is 11.8 Å². The van der Waals surface area contributed by atoms with E-state index in [1.807, 2.05) is 32.9 Å². The Morgan fingerprint density at radius 2 is 1.96 bits per heavy atom. The number of hydrogen-bond donors (Lipinski definition) is 0.